The minimum atomic E-state index is -1.40. The number of ether oxygens (including phenoxy) is 2. The minimum absolute atomic E-state index is 0.0432. The Morgan fingerprint density at radius 1 is 0.842 bits per heavy atom. The van der Waals surface area contributed by atoms with E-state index in [1.807, 2.05) is 0 Å². The van der Waals surface area contributed by atoms with Crippen LogP contribution in [0.25, 0.3) is 0 Å². The van der Waals surface area contributed by atoms with E-state index in [-0.39, 0.29) is 16.4 Å². The van der Waals surface area contributed by atoms with Crippen LogP contribution in [0.4, 0.5) is 21.0 Å². The van der Waals surface area contributed by atoms with Gasteiger partial charge in [0.15, 0.2) is 0 Å². The maximum Gasteiger partial charge on any atom is 0.424 e. The highest BCUT2D eigenvalue weighted by atomic mass is 35.5. The second-order valence-electron chi connectivity index (χ2n) is 10.8. The van der Waals surface area contributed by atoms with Gasteiger partial charge in [-0.2, -0.15) is 4.90 Å². The smallest absolute Gasteiger partial charge is 0.424 e. The van der Waals surface area contributed by atoms with Crippen LogP contribution in [0.5, 0.6) is 0 Å². The summed E-state index contributed by atoms with van der Waals surface area (Å²) in [5.74, 6) is -1.88. The maximum atomic E-state index is 13.2. The van der Waals surface area contributed by atoms with Gasteiger partial charge in [-0.25, -0.2) is 9.59 Å². The van der Waals surface area contributed by atoms with Gasteiger partial charge in [-0.05, 0) is 83.5 Å². The fraction of sp³-hybridized carbons (Fsp3) is 0.423. The SMILES string of the molecule is CC(C)(C)OC(=O)N(C(=O)OC(C)(C)C)c1cc(NC(=O)C2C(c3cc(Cl)cc(Cl)c3)C2(Cl)Cl)ccc1Cl. The van der Waals surface area contributed by atoms with E-state index in [4.69, 9.17) is 67.5 Å². The Hall–Kier alpha value is -1.90. The number of nitrogens with one attached hydrogen (secondary N) is 1. The minimum Gasteiger partial charge on any atom is -0.443 e. The van der Waals surface area contributed by atoms with Crippen LogP contribution < -0.4 is 10.2 Å². The van der Waals surface area contributed by atoms with Crippen LogP contribution in [-0.4, -0.2) is 33.6 Å². The molecule has 1 aliphatic carbocycles. The molecule has 2 aromatic carbocycles. The van der Waals surface area contributed by atoms with Crippen LogP contribution >= 0.6 is 58.0 Å². The van der Waals surface area contributed by atoms with E-state index in [0.717, 1.165) is 0 Å². The largest absolute Gasteiger partial charge is 0.443 e. The molecule has 0 aliphatic heterocycles. The molecular formula is C26H27Cl5N2O5. The summed E-state index contributed by atoms with van der Waals surface area (Å²) in [5, 5.41) is 3.53. The summed E-state index contributed by atoms with van der Waals surface area (Å²) in [6, 6.07) is 9.12. The number of benzene rings is 2. The van der Waals surface area contributed by atoms with Gasteiger partial charge in [-0.3, -0.25) is 4.79 Å². The molecule has 1 aliphatic rings. The molecule has 3 rings (SSSR count). The van der Waals surface area contributed by atoms with Crippen molar-refractivity contribution in [2.45, 2.75) is 63.0 Å². The quantitative estimate of drug-likeness (QED) is 0.344. The number of rotatable bonds is 4. The molecular weight excluding hydrogens is 598 g/mol. The van der Waals surface area contributed by atoms with Crippen LogP contribution in [0.2, 0.25) is 15.1 Å². The molecule has 0 bridgehead atoms. The number of imide groups is 1. The normalized spacial score (nSPS) is 18.4. The number of nitrogens with zero attached hydrogens (tertiary/aromatic N) is 1. The number of amides is 3. The van der Waals surface area contributed by atoms with E-state index < -0.39 is 45.5 Å². The molecule has 0 saturated heterocycles. The zero-order chi connectivity index (χ0) is 28.8. The molecule has 1 fully saturated rings. The molecule has 0 aromatic heterocycles. The first-order chi connectivity index (χ1) is 17.3. The van der Waals surface area contributed by atoms with Gasteiger partial charge in [0, 0.05) is 21.7 Å². The van der Waals surface area contributed by atoms with Gasteiger partial charge in [-0.15, -0.1) is 23.2 Å². The highest BCUT2D eigenvalue weighted by molar-refractivity contribution is 6.53. The molecule has 38 heavy (non-hydrogen) atoms. The Morgan fingerprint density at radius 2 is 1.34 bits per heavy atom. The van der Waals surface area contributed by atoms with Gasteiger partial charge in [-0.1, -0.05) is 34.8 Å². The fourth-order valence-corrected chi connectivity index (χ4v) is 5.26. The molecule has 206 valence electrons. The number of carbonyl (C=O) groups excluding carboxylic acids is 3. The molecule has 2 atom stereocenters. The van der Waals surface area contributed by atoms with Crippen molar-refractivity contribution in [1.82, 2.24) is 0 Å². The van der Waals surface area contributed by atoms with Crippen molar-refractivity contribution in [1.29, 1.82) is 0 Å². The van der Waals surface area contributed by atoms with Crippen LogP contribution in [0, 0.1) is 5.92 Å². The molecule has 1 N–H and O–H groups in total. The average molecular weight is 625 g/mol. The third-order valence-electron chi connectivity index (χ3n) is 5.19. The second kappa shape index (κ2) is 10.9. The Balaban J connectivity index is 1.91. The number of alkyl halides is 2. The monoisotopic (exact) mass is 622 g/mol. The van der Waals surface area contributed by atoms with Crippen molar-refractivity contribution in [3.8, 4) is 0 Å². The third kappa shape index (κ3) is 7.39. The first-order valence-electron chi connectivity index (χ1n) is 11.5. The summed E-state index contributed by atoms with van der Waals surface area (Å²) in [6.45, 7) is 9.92. The van der Waals surface area contributed by atoms with Gasteiger partial charge in [0.05, 0.1) is 16.6 Å². The number of anilines is 2. The Labute approximate surface area is 246 Å². The topological polar surface area (TPSA) is 84.9 Å². The summed E-state index contributed by atoms with van der Waals surface area (Å²) in [4.78, 5) is 39.9. The van der Waals surface area contributed by atoms with Crippen LogP contribution in [0.1, 0.15) is 53.0 Å². The summed E-state index contributed by atoms with van der Waals surface area (Å²) in [7, 11) is 0. The predicted molar refractivity (Wildman–Crippen MR) is 152 cm³/mol. The molecule has 0 spiro atoms. The zero-order valence-electron chi connectivity index (χ0n) is 21.5. The Kier molecular flexibility index (Phi) is 8.81. The van der Waals surface area contributed by atoms with Crippen molar-refractivity contribution in [2.24, 2.45) is 5.92 Å². The van der Waals surface area contributed by atoms with E-state index in [1.54, 1.807) is 59.7 Å². The average Bonchev–Trinajstić information content (AvgIpc) is 3.29. The van der Waals surface area contributed by atoms with Crippen molar-refractivity contribution < 1.29 is 23.9 Å². The molecule has 2 aromatic rings. The molecule has 0 radical (unpaired) electrons. The van der Waals surface area contributed by atoms with E-state index in [9.17, 15) is 14.4 Å². The molecule has 12 heteroatoms. The van der Waals surface area contributed by atoms with Crippen molar-refractivity contribution in [3.05, 3.63) is 57.0 Å². The lowest BCUT2D eigenvalue weighted by atomic mass is 10.1. The van der Waals surface area contributed by atoms with E-state index in [2.05, 4.69) is 5.32 Å². The lowest BCUT2D eigenvalue weighted by molar-refractivity contribution is -0.117. The number of carbonyl (C=O) groups is 3. The Bertz CT molecular complexity index is 1220. The summed E-state index contributed by atoms with van der Waals surface area (Å²) < 4.78 is 9.42. The highest BCUT2D eigenvalue weighted by Crippen LogP contribution is 2.65. The van der Waals surface area contributed by atoms with Gasteiger partial charge < -0.3 is 14.8 Å². The van der Waals surface area contributed by atoms with Crippen LogP contribution in [-0.2, 0) is 14.3 Å². The lowest BCUT2D eigenvalue weighted by Gasteiger charge is -2.29. The van der Waals surface area contributed by atoms with Crippen LogP contribution in [0.15, 0.2) is 36.4 Å². The van der Waals surface area contributed by atoms with Gasteiger partial charge >= 0.3 is 12.2 Å². The Morgan fingerprint density at radius 3 is 1.82 bits per heavy atom. The highest BCUT2D eigenvalue weighted by Gasteiger charge is 2.67. The van der Waals surface area contributed by atoms with Gasteiger partial charge in [0.1, 0.15) is 15.5 Å². The summed E-state index contributed by atoms with van der Waals surface area (Å²) in [6.07, 6.45) is -2.00. The second-order valence-corrected chi connectivity index (χ2v) is 13.5. The van der Waals surface area contributed by atoms with Gasteiger partial charge in [0.2, 0.25) is 5.91 Å². The van der Waals surface area contributed by atoms with Crippen molar-refractivity contribution >= 4 is 87.5 Å². The first-order valence-corrected chi connectivity index (χ1v) is 13.4. The van der Waals surface area contributed by atoms with Gasteiger partial charge in [0.25, 0.3) is 0 Å². The summed E-state index contributed by atoms with van der Waals surface area (Å²) in [5.41, 5.74) is -1.03. The zero-order valence-corrected chi connectivity index (χ0v) is 25.3. The van der Waals surface area contributed by atoms with E-state index in [1.165, 1.54) is 18.2 Å². The number of halogens is 5. The molecule has 0 heterocycles. The number of hydrogen-bond acceptors (Lipinski definition) is 5. The van der Waals surface area contributed by atoms with Crippen molar-refractivity contribution in [3.63, 3.8) is 0 Å². The van der Waals surface area contributed by atoms with Crippen LogP contribution in [0.3, 0.4) is 0 Å². The fourth-order valence-electron chi connectivity index (χ4n) is 3.69. The molecule has 2 unspecified atom stereocenters. The third-order valence-corrected chi connectivity index (χ3v) is 6.88. The predicted octanol–water partition coefficient (Wildman–Crippen LogP) is 8.85. The standard InChI is InChI=1S/C26H27Cl5N2O5/c1-24(2,3)37-22(35)33(23(36)38-25(4,5)6)18-12-16(7-8-17(18)29)32-21(34)20-19(26(20,30)31)13-9-14(27)11-15(28)10-13/h7-12,19-20H,1-6H3,(H,32,34). The van der Waals surface area contributed by atoms with E-state index in [0.29, 0.717) is 20.5 Å². The first kappa shape index (κ1) is 30.6. The number of hydrogen-bond donors (Lipinski definition) is 1. The summed E-state index contributed by atoms with van der Waals surface area (Å²) >= 11 is 31.5. The molecule has 7 nitrogen and oxygen atoms in total. The lowest BCUT2D eigenvalue weighted by Crippen LogP contribution is -2.44. The van der Waals surface area contributed by atoms with Crippen molar-refractivity contribution in [2.75, 3.05) is 10.2 Å². The molecule has 1 saturated carbocycles. The molecule has 3 amide bonds. The maximum absolute atomic E-state index is 13.2. The van der Waals surface area contributed by atoms with E-state index >= 15 is 0 Å².